The number of carbonyl (C=O) groups is 2. The Morgan fingerprint density at radius 1 is 1.08 bits per heavy atom. The van der Waals surface area contributed by atoms with Crippen molar-refractivity contribution in [2.24, 2.45) is 34.0 Å². The van der Waals surface area contributed by atoms with Crippen LogP contribution >= 0.6 is 0 Å². The summed E-state index contributed by atoms with van der Waals surface area (Å²) in [5, 5.41) is 12.6. The molecule has 0 bridgehead atoms. The van der Waals surface area contributed by atoms with Crippen molar-refractivity contribution in [3.05, 3.63) is 11.6 Å². The number of fused-ring (bicyclic) bond motifs is 1. The molecular formula is C31H48O5. The third kappa shape index (κ3) is 4.25. The van der Waals surface area contributed by atoms with Crippen molar-refractivity contribution in [2.45, 2.75) is 129 Å². The van der Waals surface area contributed by atoms with Crippen molar-refractivity contribution in [3.8, 4) is 0 Å². The maximum Gasteiger partial charge on any atom is 0.331 e. The average Bonchev–Trinajstić information content (AvgIpc) is 3.45. The van der Waals surface area contributed by atoms with Gasteiger partial charge in [0.1, 0.15) is 12.7 Å². The highest BCUT2D eigenvalue weighted by Crippen LogP contribution is 2.68. The average molecular weight is 501 g/mol. The van der Waals surface area contributed by atoms with Crippen LogP contribution in [-0.2, 0) is 19.1 Å². The van der Waals surface area contributed by atoms with Crippen molar-refractivity contribution in [1.82, 2.24) is 0 Å². The standard InChI is InChI=1S/C31H48O5/c1-21-18-25(36-22(2)32)27-28(3,24-9-15-30(16-10-24)13-5-6-14-30)11-7-12-29(27,4)31(21,34)17-8-23-19-26(33)35-20-23/h19,21,24-25,27,34H,5-18,20H2,1-4H3/t21-,25-,27+,28+,29+,31-/m1/s1. The summed E-state index contributed by atoms with van der Waals surface area (Å²) in [6.07, 6.45) is 17.5. The molecule has 0 amide bonds. The Bertz CT molecular complexity index is 893. The number of aliphatic hydroxyl groups is 1. The van der Waals surface area contributed by atoms with E-state index in [1.54, 1.807) is 6.08 Å². The molecule has 0 unspecified atom stereocenters. The summed E-state index contributed by atoms with van der Waals surface area (Å²) < 4.78 is 11.3. The normalized spacial score (nSPS) is 42.6. The van der Waals surface area contributed by atoms with Crippen LogP contribution in [0.2, 0.25) is 0 Å². The van der Waals surface area contributed by atoms with Gasteiger partial charge in [0.25, 0.3) is 0 Å². The van der Waals surface area contributed by atoms with Crippen LogP contribution < -0.4 is 0 Å². The number of cyclic esters (lactones) is 1. The van der Waals surface area contributed by atoms with E-state index in [0.29, 0.717) is 37.2 Å². The van der Waals surface area contributed by atoms with Gasteiger partial charge >= 0.3 is 11.9 Å². The first-order chi connectivity index (χ1) is 17.0. The molecule has 6 atom stereocenters. The lowest BCUT2D eigenvalue weighted by Gasteiger charge is -2.67. The van der Waals surface area contributed by atoms with Gasteiger partial charge in [-0.05, 0) is 98.9 Å². The molecule has 0 aromatic rings. The molecule has 5 aliphatic rings. The van der Waals surface area contributed by atoms with Gasteiger partial charge in [0, 0.05) is 24.3 Å². The fourth-order valence-electron chi connectivity index (χ4n) is 10.2. The van der Waals surface area contributed by atoms with E-state index >= 15 is 0 Å². The zero-order valence-corrected chi connectivity index (χ0v) is 23.1. The highest BCUT2D eigenvalue weighted by molar-refractivity contribution is 5.85. The first-order valence-corrected chi connectivity index (χ1v) is 14.8. The van der Waals surface area contributed by atoms with Crippen LogP contribution in [0.4, 0.5) is 0 Å². The number of carbonyl (C=O) groups excluding carboxylic acids is 2. The second-order valence-electron chi connectivity index (χ2n) is 13.9. The van der Waals surface area contributed by atoms with Gasteiger partial charge in [0.2, 0.25) is 0 Å². The smallest absolute Gasteiger partial charge is 0.331 e. The van der Waals surface area contributed by atoms with Crippen LogP contribution in [0.1, 0.15) is 118 Å². The Balaban J connectivity index is 1.45. The lowest BCUT2D eigenvalue weighted by atomic mass is 9.40. The summed E-state index contributed by atoms with van der Waals surface area (Å²) in [6, 6.07) is 0. The number of ether oxygens (including phenoxy) is 2. The number of rotatable bonds is 5. The Kier molecular flexibility index (Phi) is 6.88. The molecule has 0 saturated heterocycles. The molecule has 0 aromatic heterocycles. The maximum absolute atomic E-state index is 12.6. The predicted molar refractivity (Wildman–Crippen MR) is 139 cm³/mol. The Morgan fingerprint density at radius 2 is 1.78 bits per heavy atom. The summed E-state index contributed by atoms with van der Waals surface area (Å²) in [5.74, 6) is 0.301. The van der Waals surface area contributed by atoms with Gasteiger partial charge in [-0.2, -0.15) is 0 Å². The van der Waals surface area contributed by atoms with Crippen LogP contribution in [-0.4, -0.2) is 35.4 Å². The second-order valence-corrected chi connectivity index (χ2v) is 13.9. The molecule has 0 radical (unpaired) electrons. The molecule has 0 aromatic carbocycles. The monoisotopic (exact) mass is 500 g/mol. The minimum Gasteiger partial charge on any atom is -0.462 e. The molecule has 36 heavy (non-hydrogen) atoms. The molecule has 1 N–H and O–H groups in total. The van der Waals surface area contributed by atoms with E-state index in [9.17, 15) is 14.7 Å². The van der Waals surface area contributed by atoms with Crippen LogP contribution in [0, 0.1) is 34.0 Å². The molecule has 4 fully saturated rings. The highest BCUT2D eigenvalue weighted by atomic mass is 16.5. The van der Waals surface area contributed by atoms with Gasteiger partial charge in [-0.15, -0.1) is 0 Å². The highest BCUT2D eigenvalue weighted by Gasteiger charge is 2.67. The van der Waals surface area contributed by atoms with E-state index in [1.807, 2.05) is 0 Å². The number of hydrogen-bond donors (Lipinski definition) is 1. The van der Waals surface area contributed by atoms with E-state index in [-0.39, 0.29) is 40.7 Å². The predicted octanol–water partition coefficient (Wildman–Crippen LogP) is 6.52. The molecule has 4 aliphatic carbocycles. The van der Waals surface area contributed by atoms with E-state index in [1.165, 1.54) is 58.3 Å². The molecule has 1 aliphatic heterocycles. The second kappa shape index (κ2) is 9.43. The van der Waals surface area contributed by atoms with E-state index in [4.69, 9.17) is 9.47 Å². The molecule has 5 nitrogen and oxygen atoms in total. The van der Waals surface area contributed by atoms with Gasteiger partial charge in [-0.1, -0.05) is 40.0 Å². The summed E-state index contributed by atoms with van der Waals surface area (Å²) in [7, 11) is 0. The maximum atomic E-state index is 12.6. The van der Waals surface area contributed by atoms with Crippen LogP contribution in [0.5, 0.6) is 0 Å². The number of hydrogen-bond acceptors (Lipinski definition) is 5. The summed E-state index contributed by atoms with van der Waals surface area (Å²) in [6.45, 7) is 8.80. The third-order valence-corrected chi connectivity index (χ3v) is 12.1. The molecule has 4 saturated carbocycles. The Morgan fingerprint density at radius 3 is 2.39 bits per heavy atom. The minimum absolute atomic E-state index is 0.0113. The fourth-order valence-corrected chi connectivity index (χ4v) is 10.2. The minimum atomic E-state index is -0.871. The van der Waals surface area contributed by atoms with Gasteiger partial charge in [-0.3, -0.25) is 4.79 Å². The first-order valence-electron chi connectivity index (χ1n) is 14.8. The molecular weight excluding hydrogens is 452 g/mol. The van der Waals surface area contributed by atoms with E-state index in [0.717, 1.165) is 24.8 Å². The van der Waals surface area contributed by atoms with Crippen molar-refractivity contribution < 1.29 is 24.2 Å². The van der Waals surface area contributed by atoms with E-state index < -0.39 is 5.60 Å². The molecule has 1 spiro atoms. The van der Waals surface area contributed by atoms with Crippen molar-refractivity contribution in [3.63, 3.8) is 0 Å². The molecule has 5 rings (SSSR count). The lowest BCUT2D eigenvalue weighted by Crippen LogP contribution is -2.68. The molecule has 1 heterocycles. The van der Waals surface area contributed by atoms with Gasteiger partial charge in [0.05, 0.1) is 5.60 Å². The third-order valence-electron chi connectivity index (χ3n) is 12.1. The van der Waals surface area contributed by atoms with Gasteiger partial charge in [-0.25, -0.2) is 4.79 Å². The Labute approximate surface area is 217 Å². The topological polar surface area (TPSA) is 72.8 Å². The number of esters is 2. The zero-order valence-electron chi connectivity index (χ0n) is 23.1. The van der Waals surface area contributed by atoms with Crippen molar-refractivity contribution >= 4 is 11.9 Å². The lowest BCUT2D eigenvalue weighted by molar-refractivity contribution is -0.261. The summed E-state index contributed by atoms with van der Waals surface area (Å²) in [5.41, 5.74) is 0.410. The largest absolute Gasteiger partial charge is 0.462 e. The van der Waals surface area contributed by atoms with Crippen LogP contribution in [0.15, 0.2) is 11.6 Å². The van der Waals surface area contributed by atoms with Gasteiger partial charge < -0.3 is 14.6 Å². The fraction of sp³-hybridized carbons (Fsp3) is 0.871. The van der Waals surface area contributed by atoms with Crippen molar-refractivity contribution in [2.75, 3.05) is 6.61 Å². The Hall–Kier alpha value is -1.36. The first kappa shape index (κ1) is 26.3. The van der Waals surface area contributed by atoms with Crippen molar-refractivity contribution in [1.29, 1.82) is 0 Å². The zero-order chi connectivity index (χ0) is 25.8. The van der Waals surface area contributed by atoms with Crippen LogP contribution in [0.3, 0.4) is 0 Å². The summed E-state index contributed by atoms with van der Waals surface area (Å²) in [4.78, 5) is 23.9. The van der Waals surface area contributed by atoms with E-state index in [2.05, 4.69) is 20.8 Å². The SMILES string of the molecule is CC(=O)O[C@@H]1C[C@@H](C)[C@](O)(CCC2=CC(=O)OC2)[C@@]2(C)CCC[C@@](C)(C3CCC4(CCCC4)CC3)[C@H]12. The molecule has 5 heteroatoms. The van der Waals surface area contributed by atoms with Gasteiger partial charge in [0.15, 0.2) is 0 Å². The van der Waals surface area contributed by atoms with Crippen LogP contribution in [0.25, 0.3) is 0 Å². The quantitative estimate of drug-likeness (QED) is 0.435. The summed E-state index contributed by atoms with van der Waals surface area (Å²) >= 11 is 0. The molecule has 202 valence electrons.